The van der Waals surface area contributed by atoms with E-state index in [-0.39, 0.29) is 24.0 Å². The number of halogens is 1. The number of aliphatic hydroxyl groups excluding tert-OH is 2. The van der Waals surface area contributed by atoms with E-state index in [2.05, 4.69) is 19.9 Å². The summed E-state index contributed by atoms with van der Waals surface area (Å²) in [4.78, 5) is 21.9. The number of aliphatic hydroxyl groups is 2. The van der Waals surface area contributed by atoms with Crippen LogP contribution in [0, 0.1) is 0 Å². The standard InChI is InChI=1S/C23H19N3O2.C16H17NO3.C12H13N2O.HI/c1-27-18-11-16(12-19(15-18)28-2)17-13-22(20-7-3-5-9-24-20)26-23(14-17)21-8-4-6-10-25-21;1-19-13-9-12(10-14(11-13)20-2)6-7-16(18)15-5-3-4-8-17-15;15-12(11-6-2-3-7-13-11)10-14-8-4-1-5-9-14;/h3-15H,1-2H3;3-11,16,18H,1-2H3;1-9,12,15H,10H2;1H/q;;+1;/p-1/b;7-6+;;. The predicted molar refractivity (Wildman–Crippen MR) is 243 cm³/mol. The number of rotatable bonds is 13. The lowest BCUT2D eigenvalue weighted by molar-refractivity contribution is -0.704. The third kappa shape index (κ3) is 14.2. The Morgan fingerprint density at radius 3 is 1.41 bits per heavy atom. The molecule has 2 N–H and O–H groups in total. The largest absolute Gasteiger partial charge is 1.00 e. The van der Waals surface area contributed by atoms with Crippen LogP contribution in [0.15, 0.2) is 183 Å². The van der Waals surface area contributed by atoms with Gasteiger partial charge < -0.3 is 53.1 Å². The zero-order chi connectivity index (χ0) is 44.2. The molecule has 2 atom stereocenters. The zero-order valence-electron chi connectivity index (χ0n) is 35.8. The van der Waals surface area contributed by atoms with Gasteiger partial charge in [-0.1, -0.05) is 36.4 Å². The summed E-state index contributed by atoms with van der Waals surface area (Å²) in [5, 5.41) is 19.9. The van der Waals surface area contributed by atoms with Crippen LogP contribution < -0.4 is 47.5 Å². The topological polar surface area (TPSA) is 146 Å². The number of aromatic nitrogens is 6. The Kier molecular flexibility index (Phi) is 18.8. The fourth-order valence-electron chi connectivity index (χ4n) is 6.16. The normalized spacial score (nSPS) is 11.3. The zero-order valence-corrected chi connectivity index (χ0v) is 38.0. The third-order valence-corrected chi connectivity index (χ3v) is 9.39. The van der Waals surface area contributed by atoms with E-state index in [0.29, 0.717) is 29.4 Å². The smallest absolute Gasteiger partial charge is 0.179 e. The van der Waals surface area contributed by atoms with E-state index in [1.165, 1.54) is 0 Å². The maximum absolute atomic E-state index is 10.0. The lowest BCUT2D eigenvalue weighted by atomic mass is 10.0. The second kappa shape index (κ2) is 25.1. The van der Waals surface area contributed by atoms with E-state index in [0.717, 1.165) is 51.0 Å². The van der Waals surface area contributed by atoms with Crippen molar-refractivity contribution in [1.82, 2.24) is 24.9 Å². The van der Waals surface area contributed by atoms with E-state index in [9.17, 15) is 10.2 Å². The van der Waals surface area contributed by atoms with Crippen molar-refractivity contribution in [3.63, 3.8) is 0 Å². The van der Waals surface area contributed by atoms with Gasteiger partial charge in [-0.25, -0.2) is 9.55 Å². The minimum absolute atomic E-state index is 0. The van der Waals surface area contributed by atoms with Crippen LogP contribution in [-0.4, -0.2) is 63.6 Å². The molecular weight excluding hydrogens is 920 g/mol. The van der Waals surface area contributed by atoms with Crippen molar-refractivity contribution >= 4 is 6.08 Å². The summed E-state index contributed by atoms with van der Waals surface area (Å²) in [5.41, 5.74) is 7.30. The first-order valence-corrected chi connectivity index (χ1v) is 20.0. The van der Waals surface area contributed by atoms with Crippen molar-refractivity contribution in [2.75, 3.05) is 28.4 Å². The summed E-state index contributed by atoms with van der Waals surface area (Å²) < 4.78 is 23.2. The van der Waals surface area contributed by atoms with Crippen LogP contribution >= 0.6 is 0 Å². The van der Waals surface area contributed by atoms with Crippen LogP contribution in [0.2, 0.25) is 0 Å². The number of pyridine rings is 6. The van der Waals surface area contributed by atoms with E-state index < -0.39 is 12.2 Å². The Morgan fingerprint density at radius 2 is 0.953 bits per heavy atom. The summed E-state index contributed by atoms with van der Waals surface area (Å²) in [6.07, 6.45) is 12.9. The van der Waals surface area contributed by atoms with Gasteiger partial charge in [-0.2, -0.15) is 0 Å². The molecule has 2 aromatic carbocycles. The molecule has 0 aliphatic carbocycles. The maximum atomic E-state index is 10.0. The summed E-state index contributed by atoms with van der Waals surface area (Å²) in [6.45, 7) is 0.526. The van der Waals surface area contributed by atoms with Gasteiger partial charge in [0.05, 0.1) is 62.6 Å². The molecule has 0 radical (unpaired) electrons. The molecule has 8 rings (SSSR count). The lowest BCUT2D eigenvalue weighted by Crippen LogP contribution is -3.00. The first kappa shape index (κ1) is 48.0. The van der Waals surface area contributed by atoms with Crippen LogP contribution in [0.5, 0.6) is 23.0 Å². The van der Waals surface area contributed by atoms with Crippen LogP contribution in [0.4, 0.5) is 0 Å². The van der Waals surface area contributed by atoms with Crippen molar-refractivity contribution in [1.29, 1.82) is 0 Å². The fourth-order valence-corrected chi connectivity index (χ4v) is 6.16. The van der Waals surface area contributed by atoms with Gasteiger partial charge in [0, 0.05) is 49.1 Å². The molecule has 8 aromatic rings. The number of hydrogen-bond acceptors (Lipinski definition) is 11. The number of nitrogens with zero attached hydrogens (tertiary/aromatic N) is 6. The van der Waals surface area contributed by atoms with Gasteiger partial charge in [0.2, 0.25) is 0 Å². The van der Waals surface area contributed by atoms with Gasteiger partial charge in [-0.15, -0.1) is 0 Å². The SMILES string of the molecule is COc1cc(/C=C/C(O)c2ccccn2)cc(OC)c1.COc1cc(OC)cc(-c2cc(-c3ccccn3)nc(-c3ccccn3)c2)c1.OC(C[n+]1ccccc1)c1ccccn1.[I-]. The number of hydrogen-bond donors (Lipinski definition) is 2. The molecule has 0 bridgehead atoms. The van der Waals surface area contributed by atoms with E-state index in [1.807, 2.05) is 150 Å². The third-order valence-electron chi connectivity index (χ3n) is 9.39. The molecule has 64 heavy (non-hydrogen) atoms. The van der Waals surface area contributed by atoms with Crippen LogP contribution in [0.3, 0.4) is 0 Å². The number of benzene rings is 2. The molecule has 0 amide bonds. The van der Waals surface area contributed by atoms with Gasteiger partial charge >= 0.3 is 0 Å². The predicted octanol–water partition coefficient (Wildman–Crippen LogP) is 5.84. The van der Waals surface area contributed by atoms with E-state index in [4.69, 9.17) is 23.9 Å². The molecular formula is C51H49IN6O6. The number of ether oxygens (including phenoxy) is 4. The Bertz CT molecular complexity index is 2530. The molecule has 0 saturated heterocycles. The molecule has 326 valence electrons. The van der Waals surface area contributed by atoms with Gasteiger partial charge in [-0.05, 0) is 108 Å². The molecule has 2 unspecified atom stereocenters. The molecule has 13 heteroatoms. The second-order valence-electron chi connectivity index (χ2n) is 13.7. The Labute approximate surface area is 390 Å². The second-order valence-corrected chi connectivity index (χ2v) is 13.7. The Hall–Kier alpha value is -7.07. The molecule has 0 spiro atoms. The minimum Gasteiger partial charge on any atom is -1.00 e. The molecule has 0 aliphatic rings. The quantitative estimate of drug-likeness (QED) is 0.106. The van der Waals surface area contributed by atoms with Crippen molar-refractivity contribution in [2.45, 2.75) is 18.8 Å². The average Bonchev–Trinajstić information content (AvgIpc) is 3.36. The monoisotopic (exact) mass is 968 g/mol. The van der Waals surface area contributed by atoms with E-state index in [1.54, 1.807) is 71.4 Å². The highest BCUT2D eigenvalue weighted by atomic mass is 127. The maximum Gasteiger partial charge on any atom is 0.179 e. The van der Waals surface area contributed by atoms with E-state index >= 15 is 0 Å². The Morgan fingerprint density at radius 1 is 0.500 bits per heavy atom. The van der Waals surface area contributed by atoms with Gasteiger partial charge in [0.15, 0.2) is 25.0 Å². The highest BCUT2D eigenvalue weighted by molar-refractivity contribution is 5.76. The lowest BCUT2D eigenvalue weighted by Gasteiger charge is -2.12. The first-order valence-electron chi connectivity index (χ1n) is 20.0. The average molecular weight is 969 g/mol. The molecule has 0 aliphatic heterocycles. The highest BCUT2D eigenvalue weighted by Gasteiger charge is 2.14. The molecule has 6 heterocycles. The molecule has 12 nitrogen and oxygen atoms in total. The minimum atomic E-state index is -0.742. The molecule has 0 saturated carbocycles. The summed E-state index contributed by atoms with van der Waals surface area (Å²) in [7, 11) is 6.49. The highest BCUT2D eigenvalue weighted by Crippen LogP contribution is 2.33. The van der Waals surface area contributed by atoms with Crippen LogP contribution in [0.1, 0.15) is 29.2 Å². The van der Waals surface area contributed by atoms with Gasteiger partial charge in [-0.3, -0.25) is 19.9 Å². The van der Waals surface area contributed by atoms with Crippen molar-refractivity contribution < 1.29 is 57.7 Å². The van der Waals surface area contributed by atoms with Crippen molar-refractivity contribution in [2.24, 2.45) is 0 Å². The molecule has 6 aromatic heterocycles. The van der Waals surface area contributed by atoms with Crippen molar-refractivity contribution in [3.8, 4) is 56.9 Å². The fraction of sp³-hybridized carbons (Fsp3) is 0.137. The summed E-state index contributed by atoms with van der Waals surface area (Å²) >= 11 is 0. The van der Waals surface area contributed by atoms with Crippen LogP contribution in [-0.2, 0) is 6.54 Å². The number of methoxy groups -OCH3 is 4. The Balaban J connectivity index is 0.000000189. The summed E-state index contributed by atoms with van der Waals surface area (Å²) in [5.74, 6) is 2.86. The first-order chi connectivity index (χ1) is 30.8. The van der Waals surface area contributed by atoms with Crippen molar-refractivity contribution in [3.05, 3.63) is 200 Å². The summed E-state index contributed by atoms with van der Waals surface area (Å²) in [6, 6.07) is 43.7. The van der Waals surface area contributed by atoms with Gasteiger partial charge in [0.1, 0.15) is 29.1 Å². The van der Waals surface area contributed by atoms with Crippen LogP contribution in [0.25, 0.3) is 40.0 Å². The van der Waals surface area contributed by atoms with Gasteiger partial charge in [0.25, 0.3) is 0 Å². The molecule has 0 fully saturated rings.